The standard InChI is InChI=1S/C44H41N3O/c1-28(2)33-26-37(29(3)4)43(48)39(27-33)44-46-42-36(19-14-21-41(42)47(44)34-17-10-7-11-18-34)38-25-32(40-20-12-13-24-45-40)22-23-35(38)30(5)31-15-8-6-9-16-31/h6-30,48H,1-5H3. The van der Waals surface area contributed by atoms with Gasteiger partial charge in [0.1, 0.15) is 11.6 Å². The van der Waals surface area contributed by atoms with Crippen LogP contribution in [0.5, 0.6) is 5.75 Å². The number of rotatable bonds is 8. The molecule has 7 rings (SSSR count). The summed E-state index contributed by atoms with van der Waals surface area (Å²) in [6, 6.07) is 44.4. The summed E-state index contributed by atoms with van der Waals surface area (Å²) < 4.78 is 2.20. The van der Waals surface area contributed by atoms with Crippen LogP contribution in [0.1, 0.15) is 74.6 Å². The maximum atomic E-state index is 11.8. The summed E-state index contributed by atoms with van der Waals surface area (Å²) in [5, 5.41) is 11.8. The molecule has 48 heavy (non-hydrogen) atoms. The second-order valence-corrected chi connectivity index (χ2v) is 13.2. The fraction of sp³-hybridized carbons (Fsp3) is 0.182. The Balaban J connectivity index is 1.54. The molecule has 2 aromatic heterocycles. The number of aromatic nitrogens is 3. The first-order chi connectivity index (χ1) is 23.3. The Morgan fingerprint density at radius 1 is 0.583 bits per heavy atom. The molecule has 0 aliphatic rings. The largest absolute Gasteiger partial charge is 0.507 e. The van der Waals surface area contributed by atoms with Gasteiger partial charge in [-0.25, -0.2) is 4.98 Å². The Morgan fingerprint density at radius 2 is 1.31 bits per heavy atom. The smallest absolute Gasteiger partial charge is 0.149 e. The SMILES string of the molecule is CC(C)c1cc(-c2nc3c(-c4cc(-c5ccccn5)ccc4C(C)c4ccccc4)cccc3n2-c2ccccc2)c(O)c(C(C)C)c1. The molecule has 238 valence electrons. The van der Waals surface area contributed by atoms with Crippen molar-refractivity contribution in [1.29, 1.82) is 0 Å². The van der Waals surface area contributed by atoms with E-state index in [0.29, 0.717) is 11.7 Å². The number of imidazole rings is 1. The minimum Gasteiger partial charge on any atom is -0.507 e. The average molecular weight is 628 g/mol. The van der Waals surface area contributed by atoms with E-state index in [2.05, 4.69) is 153 Å². The van der Waals surface area contributed by atoms with Gasteiger partial charge in [-0.2, -0.15) is 0 Å². The van der Waals surface area contributed by atoms with Gasteiger partial charge < -0.3 is 5.11 Å². The van der Waals surface area contributed by atoms with Gasteiger partial charge >= 0.3 is 0 Å². The van der Waals surface area contributed by atoms with Crippen LogP contribution in [0.3, 0.4) is 0 Å². The van der Waals surface area contributed by atoms with Crippen molar-refractivity contribution in [3.8, 4) is 45.2 Å². The molecule has 0 aliphatic heterocycles. The Morgan fingerprint density at radius 3 is 2.00 bits per heavy atom. The van der Waals surface area contributed by atoms with Gasteiger partial charge in [0.25, 0.3) is 0 Å². The number of fused-ring (bicyclic) bond motifs is 1. The van der Waals surface area contributed by atoms with Crippen LogP contribution in [0.25, 0.3) is 50.5 Å². The van der Waals surface area contributed by atoms with Crippen molar-refractivity contribution >= 4 is 11.0 Å². The van der Waals surface area contributed by atoms with Gasteiger partial charge in [0.2, 0.25) is 0 Å². The maximum Gasteiger partial charge on any atom is 0.149 e. The molecule has 0 fully saturated rings. The molecule has 4 heteroatoms. The molecule has 1 N–H and O–H groups in total. The zero-order valence-electron chi connectivity index (χ0n) is 28.2. The van der Waals surface area contributed by atoms with Crippen LogP contribution in [0.15, 0.2) is 134 Å². The molecule has 0 bridgehead atoms. The van der Waals surface area contributed by atoms with Gasteiger partial charge in [0.05, 0.1) is 22.3 Å². The molecular weight excluding hydrogens is 587 g/mol. The fourth-order valence-electron chi connectivity index (χ4n) is 6.74. The highest BCUT2D eigenvalue weighted by Gasteiger charge is 2.25. The Labute approximate surface area is 283 Å². The topological polar surface area (TPSA) is 50.9 Å². The summed E-state index contributed by atoms with van der Waals surface area (Å²) in [4.78, 5) is 10.1. The van der Waals surface area contributed by atoms with E-state index in [0.717, 1.165) is 56.1 Å². The van der Waals surface area contributed by atoms with Gasteiger partial charge in [-0.1, -0.05) is 120 Å². The van der Waals surface area contributed by atoms with Crippen LogP contribution in [0.4, 0.5) is 0 Å². The van der Waals surface area contributed by atoms with E-state index in [1.807, 2.05) is 24.4 Å². The van der Waals surface area contributed by atoms with E-state index in [1.165, 1.54) is 16.7 Å². The third kappa shape index (κ3) is 5.68. The lowest BCUT2D eigenvalue weighted by Crippen LogP contribution is -2.01. The summed E-state index contributed by atoms with van der Waals surface area (Å²) in [6.07, 6.45) is 1.84. The van der Waals surface area contributed by atoms with E-state index in [-0.39, 0.29) is 11.8 Å². The zero-order valence-corrected chi connectivity index (χ0v) is 28.2. The van der Waals surface area contributed by atoms with E-state index in [1.54, 1.807) is 0 Å². The molecule has 0 amide bonds. The maximum absolute atomic E-state index is 11.8. The van der Waals surface area contributed by atoms with Crippen LogP contribution in [0, 0.1) is 0 Å². The van der Waals surface area contributed by atoms with E-state index in [9.17, 15) is 5.11 Å². The van der Waals surface area contributed by atoms with Crippen molar-refractivity contribution in [3.63, 3.8) is 0 Å². The van der Waals surface area contributed by atoms with Gasteiger partial charge in [-0.15, -0.1) is 0 Å². The molecule has 0 saturated heterocycles. The minimum atomic E-state index is 0.144. The van der Waals surface area contributed by atoms with Crippen LogP contribution in [0.2, 0.25) is 0 Å². The zero-order chi connectivity index (χ0) is 33.4. The first-order valence-electron chi connectivity index (χ1n) is 16.9. The van der Waals surface area contributed by atoms with Crippen molar-refractivity contribution in [1.82, 2.24) is 14.5 Å². The molecule has 5 aromatic carbocycles. The van der Waals surface area contributed by atoms with Crippen molar-refractivity contribution < 1.29 is 5.11 Å². The van der Waals surface area contributed by atoms with Crippen molar-refractivity contribution in [2.45, 2.75) is 52.4 Å². The fourth-order valence-corrected chi connectivity index (χ4v) is 6.74. The molecule has 0 spiro atoms. The number of phenols is 1. The molecule has 7 aromatic rings. The lowest BCUT2D eigenvalue weighted by Gasteiger charge is -2.19. The van der Waals surface area contributed by atoms with E-state index in [4.69, 9.17) is 4.98 Å². The highest BCUT2D eigenvalue weighted by molar-refractivity contribution is 5.97. The lowest BCUT2D eigenvalue weighted by molar-refractivity contribution is 0.466. The third-order valence-corrected chi connectivity index (χ3v) is 9.46. The lowest BCUT2D eigenvalue weighted by atomic mass is 9.85. The molecule has 2 heterocycles. The summed E-state index contributed by atoms with van der Waals surface area (Å²) in [6.45, 7) is 10.9. The highest BCUT2D eigenvalue weighted by atomic mass is 16.3. The number of hydrogen-bond acceptors (Lipinski definition) is 3. The Bertz CT molecular complexity index is 2200. The second kappa shape index (κ2) is 13.0. The number of aromatic hydroxyl groups is 1. The number of pyridine rings is 1. The number of benzene rings is 5. The van der Waals surface area contributed by atoms with Crippen LogP contribution in [-0.4, -0.2) is 19.6 Å². The summed E-state index contributed by atoms with van der Waals surface area (Å²) in [7, 11) is 0. The average Bonchev–Trinajstić information content (AvgIpc) is 3.52. The molecule has 0 aliphatic carbocycles. The molecular formula is C44H41N3O. The Kier molecular flexibility index (Phi) is 8.41. The van der Waals surface area contributed by atoms with Crippen molar-refractivity contribution in [2.24, 2.45) is 0 Å². The molecule has 0 radical (unpaired) electrons. The number of para-hydroxylation sites is 2. The predicted molar refractivity (Wildman–Crippen MR) is 199 cm³/mol. The van der Waals surface area contributed by atoms with E-state index >= 15 is 0 Å². The van der Waals surface area contributed by atoms with Gasteiger partial charge in [0.15, 0.2) is 0 Å². The van der Waals surface area contributed by atoms with Crippen molar-refractivity contribution in [2.75, 3.05) is 0 Å². The number of hydrogen-bond donors (Lipinski definition) is 1. The van der Waals surface area contributed by atoms with Crippen LogP contribution in [-0.2, 0) is 0 Å². The monoisotopic (exact) mass is 627 g/mol. The predicted octanol–water partition coefficient (Wildman–Crippen LogP) is 11.5. The second-order valence-electron chi connectivity index (χ2n) is 13.2. The first-order valence-corrected chi connectivity index (χ1v) is 16.9. The molecule has 4 nitrogen and oxygen atoms in total. The minimum absolute atomic E-state index is 0.144. The highest BCUT2D eigenvalue weighted by Crippen LogP contribution is 2.44. The quantitative estimate of drug-likeness (QED) is 0.182. The molecule has 0 saturated carbocycles. The molecule has 1 atom stereocenters. The first kappa shape index (κ1) is 31.1. The van der Waals surface area contributed by atoms with Crippen LogP contribution >= 0.6 is 0 Å². The van der Waals surface area contributed by atoms with E-state index < -0.39 is 0 Å². The molecule has 1 unspecified atom stereocenters. The van der Waals surface area contributed by atoms with Crippen molar-refractivity contribution in [3.05, 3.63) is 156 Å². The van der Waals surface area contributed by atoms with Gasteiger partial charge in [-0.3, -0.25) is 9.55 Å². The van der Waals surface area contributed by atoms with Gasteiger partial charge in [-0.05, 0) is 82.1 Å². The third-order valence-electron chi connectivity index (χ3n) is 9.46. The number of phenolic OH excluding ortho intramolecular Hbond substituents is 1. The van der Waals surface area contributed by atoms with Gasteiger partial charge in [0, 0.05) is 28.9 Å². The Hall–Kier alpha value is -5.48. The van der Waals surface area contributed by atoms with Crippen LogP contribution < -0.4 is 0 Å². The normalized spacial score (nSPS) is 12.2. The summed E-state index contributed by atoms with van der Waals surface area (Å²) in [5.74, 6) is 1.61. The number of nitrogens with zero attached hydrogens (tertiary/aromatic N) is 3. The summed E-state index contributed by atoms with van der Waals surface area (Å²) in [5.41, 5.74) is 12.3. The summed E-state index contributed by atoms with van der Waals surface area (Å²) >= 11 is 0.